The third-order valence-corrected chi connectivity index (χ3v) is 5.72. The van der Waals surface area contributed by atoms with E-state index < -0.39 is 0 Å². The summed E-state index contributed by atoms with van der Waals surface area (Å²) in [6, 6.07) is 14.6. The molecule has 0 unspecified atom stereocenters. The van der Waals surface area contributed by atoms with E-state index in [1.54, 1.807) is 25.6 Å². The van der Waals surface area contributed by atoms with Gasteiger partial charge >= 0.3 is 0 Å². The Morgan fingerprint density at radius 1 is 1.00 bits per heavy atom. The molecule has 148 valence electrons. The third kappa shape index (κ3) is 4.42. The van der Waals surface area contributed by atoms with E-state index >= 15 is 0 Å². The molecule has 29 heavy (non-hydrogen) atoms. The van der Waals surface area contributed by atoms with Gasteiger partial charge in [0.25, 0.3) is 0 Å². The van der Waals surface area contributed by atoms with Crippen LogP contribution < -0.4 is 5.32 Å². The summed E-state index contributed by atoms with van der Waals surface area (Å²) in [5, 5.41) is 4.49. The second kappa shape index (κ2) is 8.65. The summed E-state index contributed by atoms with van der Waals surface area (Å²) in [5.41, 5.74) is 2.85. The monoisotopic (exact) mass is 406 g/mol. The van der Waals surface area contributed by atoms with Gasteiger partial charge < -0.3 is 14.8 Å². The maximum absolute atomic E-state index is 5.22. The summed E-state index contributed by atoms with van der Waals surface area (Å²) in [6.45, 7) is 2.37. The van der Waals surface area contributed by atoms with Gasteiger partial charge in [0.05, 0.1) is 12.2 Å². The van der Waals surface area contributed by atoms with Gasteiger partial charge in [-0.2, -0.15) is 0 Å². The first kappa shape index (κ1) is 19.4. The largest absolute Gasteiger partial charge is 0.365 e. The van der Waals surface area contributed by atoms with Crippen LogP contribution in [-0.4, -0.2) is 42.0 Å². The molecule has 7 heteroatoms. The Labute approximate surface area is 173 Å². The first-order chi connectivity index (χ1) is 14.2. The van der Waals surface area contributed by atoms with Crippen LogP contribution in [0.2, 0.25) is 0 Å². The Morgan fingerprint density at radius 2 is 1.79 bits per heavy atom. The molecular formula is C22H22N4O2S. The molecule has 0 saturated carbocycles. The van der Waals surface area contributed by atoms with Crippen LogP contribution in [0.15, 0.2) is 54.9 Å². The lowest BCUT2D eigenvalue weighted by Gasteiger charge is -2.15. The maximum atomic E-state index is 5.22. The van der Waals surface area contributed by atoms with E-state index in [1.807, 2.05) is 25.4 Å². The fraction of sp³-hybridized carbons (Fsp3) is 0.227. The Hall–Kier alpha value is -2.87. The number of hydrogen-bond acceptors (Lipinski definition) is 7. The molecule has 3 aromatic heterocycles. The van der Waals surface area contributed by atoms with Crippen molar-refractivity contribution in [2.75, 3.05) is 26.1 Å². The molecule has 6 nitrogen and oxygen atoms in total. The van der Waals surface area contributed by atoms with E-state index in [0.717, 1.165) is 22.6 Å². The molecule has 0 atom stereocenters. The summed E-state index contributed by atoms with van der Waals surface area (Å²) < 4.78 is 11.7. The van der Waals surface area contributed by atoms with Gasteiger partial charge in [0.15, 0.2) is 6.29 Å². The fourth-order valence-corrected chi connectivity index (χ4v) is 4.14. The molecule has 0 saturated heterocycles. The molecule has 1 N–H and O–H groups in total. The zero-order valence-corrected chi connectivity index (χ0v) is 17.4. The Kier molecular flexibility index (Phi) is 5.80. The summed E-state index contributed by atoms with van der Waals surface area (Å²) >= 11 is 1.76. The SMILES string of the molecule is COC(CNc1cc(-c2cncc(-c3cc4ccccc4s3)c2)nc(C)n1)OC. The standard InChI is InChI=1S/C22H22N4O2S/c1-14-25-18(10-21(26-14)24-13-22(27-2)28-3)16-8-17(12-23-11-16)20-9-15-6-4-5-7-19(15)29-20/h4-12,22H,13H2,1-3H3,(H,24,25,26). The first-order valence-corrected chi connectivity index (χ1v) is 10.1. The summed E-state index contributed by atoms with van der Waals surface area (Å²) in [7, 11) is 3.22. The first-order valence-electron chi connectivity index (χ1n) is 9.26. The predicted molar refractivity (Wildman–Crippen MR) is 117 cm³/mol. The van der Waals surface area contributed by atoms with Crippen molar-refractivity contribution in [2.45, 2.75) is 13.2 Å². The number of fused-ring (bicyclic) bond motifs is 1. The quantitative estimate of drug-likeness (QED) is 0.446. The van der Waals surface area contributed by atoms with Crippen LogP contribution in [0, 0.1) is 6.92 Å². The van der Waals surface area contributed by atoms with Crippen LogP contribution in [0.1, 0.15) is 5.82 Å². The van der Waals surface area contributed by atoms with Gasteiger partial charge in [0.2, 0.25) is 0 Å². The van der Waals surface area contributed by atoms with Crippen LogP contribution >= 0.6 is 11.3 Å². The van der Waals surface area contributed by atoms with Crippen LogP contribution in [0.3, 0.4) is 0 Å². The average Bonchev–Trinajstić information content (AvgIpc) is 3.19. The van der Waals surface area contributed by atoms with E-state index in [4.69, 9.17) is 9.47 Å². The van der Waals surface area contributed by atoms with E-state index in [9.17, 15) is 0 Å². The lowest BCUT2D eigenvalue weighted by Crippen LogP contribution is -2.24. The van der Waals surface area contributed by atoms with Crippen LogP contribution in [0.25, 0.3) is 31.8 Å². The van der Waals surface area contributed by atoms with Crippen molar-refractivity contribution in [2.24, 2.45) is 0 Å². The number of methoxy groups -OCH3 is 2. The zero-order chi connectivity index (χ0) is 20.2. The van der Waals surface area contributed by atoms with Gasteiger partial charge in [-0.15, -0.1) is 11.3 Å². The minimum absolute atomic E-state index is 0.341. The molecule has 0 aliphatic carbocycles. The lowest BCUT2D eigenvalue weighted by molar-refractivity contribution is -0.0914. The number of aromatic nitrogens is 3. The number of ether oxygens (including phenoxy) is 2. The highest BCUT2D eigenvalue weighted by Gasteiger charge is 2.10. The molecule has 0 fully saturated rings. The third-order valence-electron chi connectivity index (χ3n) is 4.56. The van der Waals surface area contributed by atoms with E-state index in [1.165, 1.54) is 15.0 Å². The molecular weight excluding hydrogens is 384 g/mol. The zero-order valence-electron chi connectivity index (χ0n) is 16.5. The molecule has 1 aromatic carbocycles. The Morgan fingerprint density at radius 3 is 2.59 bits per heavy atom. The van der Waals surface area contributed by atoms with Crippen molar-refractivity contribution in [3.63, 3.8) is 0 Å². The molecule has 0 aliphatic rings. The van der Waals surface area contributed by atoms with E-state index in [0.29, 0.717) is 12.4 Å². The van der Waals surface area contributed by atoms with Crippen molar-refractivity contribution in [1.82, 2.24) is 15.0 Å². The van der Waals surface area contributed by atoms with Crippen LogP contribution in [-0.2, 0) is 9.47 Å². The number of pyridine rings is 1. The highest BCUT2D eigenvalue weighted by atomic mass is 32.1. The lowest BCUT2D eigenvalue weighted by atomic mass is 10.1. The van der Waals surface area contributed by atoms with Gasteiger partial charge in [-0.3, -0.25) is 4.98 Å². The summed E-state index contributed by atoms with van der Waals surface area (Å²) in [6.07, 6.45) is 3.38. The number of hydrogen-bond donors (Lipinski definition) is 1. The molecule has 4 aromatic rings. The molecule has 4 rings (SSSR count). The predicted octanol–water partition coefficient (Wildman–Crippen LogP) is 4.76. The molecule has 0 bridgehead atoms. The fourth-order valence-electron chi connectivity index (χ4n) is 3.10. The van der Waals surface area contributed by atoms with Gasteiger partial charge in [0.1, 0.15) is 11.6 Å². The summed E-state index contributed by atoms with van der Waals surface area (Å²) in [4.78, 5) is 14.7. The topological polar surface area (TPSA) is 69.2 Å². The van der Waals surface area contributed by atoms with E-state index in [-0.39, 0.29) is 6.29 Å². The molecule has 0 radical (unpaired) electrons. The second-order valence-electron chi connectivity index (χ2n) is 6.58. The van der Waals surface area contributed by atoms with Crippen molar-refractivity contribution in [3.05, 3.63) is 60.7 Å². The van der Waals surface area contributed by atoms with Crippen molar-refractivity contribution in [3.8, 4) is 21.7 Å². The highest BCUT2D eigenvalue weighted by Crippen LogP contribution is 2.34. The molecule has 0 aliphatic heterocycles. The number of benzene rings is 1. The summed E-state index contributed by atoms with van der Waals surface area (Å²) in [5.74, 6) is 1.41. The second-order valence-corrected chi connectivity index (χ2v) is 7.66. The highest BCUT2D eigenvalue weighted by molar-refractivity contribution is 7.22. The Bertz CT molecular complexity index is 1090. The number of nitrogens with zero attached hydrogens (tertiary/aromatic N) is 3. The van der Waals surface area contributed by atoms with Gasteiger partial charge in [-0.05, 0) is 30.5 Å². The molecule has 0 spiro atoms. The minimum atomic E-state index is -0.341. The number of aryl methyl sites for hydroxylation is 1. The number of rotatable bonds is 7. The Balaban J connectivity index is 1.64. The van der Waals surface area contributed by atoms with Gasteiger partial charge in [-0.25, -0.2) is 9.97 Å². The number of nitrogens with one attached hydrogen (secondary N) is 1. The van der Waals surface area contributed by atoms with Crippen LogP contribution in [0.4, 0.5) is 5.82 Å². The maximum Gasteiger partial charge on any atom is 0.173 e. The number of anilines is 1. The smallest absolute Gasteiger partial charge is 0.173 e. The van der Waals surface area contributed by atoms with Crippen LogP contribution in [0.5, 0.6) is 0 Å². The van der Waals surface area contributed by atoms with Crippen molar-refractivity contribution in [1.29, 1.82) is 0 Å². The van der Waals surface area contributed by atoms with E-state index in [2.05, 4.69) is 56.7 Å². The minimum Gasteiger partial charge on any atom is -0.365 e. The van der Waals surface area contributed by atoms with Crippen molar-refractivity contribution >= 4 is 27.2 Å². The average molecular weight is 407 g/mol. The van der Waals surface area contributed by atoms with Gasteiger partial charge in [-0.1, -0.05) is 18.2 Å². The van der Waals surface area contributed by atoms with Crippen molar-refractivity contribution < 1.29 is 9.47 Å². The molecule has 0 amide bonds. The normalized spacial score (nSPS) is 11.3. The molecule has 3 heterocycles. The number of thiophene rings is 1. The van der Waals surface area contributed by atoms with Gasteiger partial charge in [0, 0.05) is 53.4 Å².